The van der Waals surface area contributed by atoms with Gasteiger partial charge in [0.2, 0.25) is 0 Å². The van der Waals surface area contributed by atoms with E-state index >= 15 is 0 Å². The van der Waals surface area contributed by atoms with E-state index in [1.807, 2.05) is 66.7 Å². The van der Waals surface area contributed by atoms with Crippen LogP contribution in [0.4, 0.5) is 0 Å². The third kappa shape index (κ3) is 5.21. The average molecular weight is 440 g/mol. The van der Waals surface area contributed by atoms with Crippen LogP contribution in [0.1, 0.15) is 31.2 Å². The normalized spacial score (nSPS) is 10.7. The maximum absolute atomic E-state index is 11.2. The van der Waals surface area contributed by atoms with Crippen molar-refractivity contribution >= 4 is 17.0 Å². The van der Waals surface area contributed by atoms with Gasteiger partial charge in [0.05, 0.1) is 36.4 Å². The molecule has 0 atom stereocenters. The molecule has 0 amide bonds. The first-order valence-corrected chi connectivity index (χ1v) is 11.0. The number of imidazole rings is 1. The smallest absolute Gasteiger partial charge is 0.305 e. The van der Waals surface area contributed by atoms with E-state index in [4.69, 9.17) is 9.72 Å². The first-order valence-electron chi connectivity index (χ1n) is 11.0. The Labute approximate surface area is 193 Å². The van der Waals surface area contributed by atoms with Crippen molar-refractivity contribution in [2.45, 2.75) is 25.7 Å². The Morgan fingerprint density at radius 3 is 2.64 bits per heavy atom. The number of nitrogens with zero attached hydrogens (tertiary/aromatic N) is 3. The molecule has 0 unspecified atom stereocenters. The highest BCUT2D eigenvalue weighted by molar-refractivity contribution is 5.84. The Bertz CT molecular complexity index is 1290. The number of benzene rings is 3. The highest BCUT2D eigenvalue weighted by atomic mass is 16.5. The number of hydrogen-bond donors (Lipinski definition) is 0. The fourth-order valence-electron chi connectivity index (χ4n) is 3.74. The Hall–Kier alpha value is -4.11. The molecule has 0 radical (unpaired) electrons. The molecule has 0 bridgehead atoms. The number of hydrogen-bond acceptors (Lipinski definition) is 5. The second kappa shape index (κ2) is 10.5. The van der Waals surface area contributed by atoms with E-state index in [-0.39, 0.29) is 5.97 Å². The van der Waals surface area contributed by atoms with Crippen molar-refractivity contribution in [2.75, 3.05) is 13.7 Å². The first-order chi connectivity index (χ1) is 16.2. The van der Waals surface area contributed by atoms with Crippen LogP contribution in [0.5, 0.6) is 5.75 Å². The van der Waals surface area contributed by atoms with Gasteiger partial charge in [0.1, 0.15) is 11.6 Å². The van der Waals surface area contributed by atoms with E-state index in [1.54, 1.807) is 6.07 Å². The number of aromatic nitrogens is 2. The van der Waals surface area contributed by atoms with Gasteiger partial charge in [0.25, 0.3) is 0 Å². The van der Waals surface area contributed by atoms with E-state index < -0.39 is 0 Å². The predicted molar refractivity (Wildman–Crippen MR) is 127 cm³/mol. The number of unbranched alkanes of at least 4 members (excludes halogenated alkanes) is 2. The molecule has 1 heterocycles. The standard InChI is InChI=1S/C27H25N3O3/c1-32-26(31)13-6-3-7-16-33-23-14-15-24-25(18-23)30(22-12-8-9-20(17-22)19-28)27(29-24)21-10-4-2-5-11-21/h2,4-5,8-12,14-15,17-18H,3,6-7,13,16H2,1H3. The lowest BCUT2D eigenvalue weighted by Crippen LogP contribution is -2.01. The number of ether oxygens (including phenoxy) is 2. The molecular weight excluding hydrogens is 414 g/mol. The van der Waals surface area contributed by atoms with Gasteiger partial charge in [-0.3, -0.25) is 9.36 Å². The minimum absolute atomic E-state index is 0.177. The van der Waals surface area contributed by atoms with E-state index in [0.29, 0.717) is 18.6 Å². The summed E-state index contributed by atoms with van der Waals surface area (Å²) in [6.45, 7) is 0.566. The van der Waals surface area contributed by atoms with Crippen LogP contribution < -0.4 is 4.74 Å². The Balaban J connectivity index is 1.62. The molecule has 0 saturated carbocycles. The molecule has 4 rings (SSSR count). The molecule has 0 N–H and O–H groups in total. The molecule has 3 aromatic carbocycles. The van der Waals surface area contributed by atoms with Crippen molar-refractivity contribution in [2.24, 2.45) is 0 Å². The molecule has 0 aliphatic carbocycles. The minimum atomic E-state index is -0.177. The van der Waals surface area contributed by atoms with Gasteiger partial charge in [-0.05, 0) is 49.6 Å². The summed E-state index contributed by atoms with van der Waals surface area (Å²) in [4.78, 5) is 16.1. The summed E-state index contributed by atoms with van der Waals surface area (Å²) in [6.07, 6.45) is 2.98. The second-order valence-electron chi connectivity index (χ2n) is 7.68. The summed E-state index contributed by atoms with van der Waals surface area (Å²) < 4.78 is 12.7. The number of carbonyl (C=O) groups excluding carboxylic acids is 1. The lowest BCUT2D eigenvalue weighted by Gasteiger charge is -2.11. The maximum atomic E-state index is 11.2. The van der Waals surface area contributed by atoms with Gasteiger partial charge in [0, 0.05) is 23.7 Å². The van der Waals surface area contributed by atoms with Crippen molar-refractivity contribution in [1.82, 2.24) is 9.55 Å². The maximum Gasteiger partial charge on any atom is 0.305 e. The van der Waals surface area contributed by atoms with E-state index in [2.05, 4.69) is 15.4 Å². The van der Waals surface area contributed by atoms with Gasteiger partial charge in [-0.2, -0.15) is 5.26 Å². The molecule has 0 saturated heterocycles. The van der Waals surface area contributed by atoms with E-state index in [9.17, 15) is 10.1 Å². The van der Waals surface area contributed by atoms with Gasteiger partial charge in [-0.25, -0.2) is 4.98 Å². The number of methoxy groups -OCH3 is 1. The number of carbonyl (C=O) groups is 1. The van der Waals surface area contributed by atoms with Gasteiger partial charge in [-0.15, -0.1) is 0 Å². The Morgan fingerprint density at radius 1 is 1.00 bits per heavy atom. The number of fused-ring (bicyclic) bond motifs is 1. The van der Waals surface area contributed by atoms with Crippen LogP contribution in [0.25, 0.3) is 28.1 Å². The van der Waals surface area contributed by atoms with Crippen LogP contribution in [-0.4, -0.2) is 29.2 Å². The topological polar surface area (TPSA) is 77.1 Å². The molecule has 0 aliphatic heterocycles. The fraction of sp³-hybridized carbons (Fsp3) is 0.222. The van der Waals surface area contributed by atoms with Gasteiger partial charge in [0.15, 0.2) is 0 Å². The Kier molecular flexibility index (Phi) is 7.01. The van der Waals surface area contributed by atoms with Crippen LogP contribution >= 0.6 is 0 Å². The first kappa shape index (κ1) is 22.1. The summed E-state index contributed by atoms with van der Waals surface area (Å²) >= 11 is 0. The zero-order chi connectivity index (χ0) is 23.0. The van der Waals surface area contributed by atoms with E-state index in [1.165, 1.54) is 7.11 Å². The summed E-state index contributed by atoms with van der Waals surface area (Å²) in [7, 11) is 1.41. The predicted octanol–water partition coefficient (Wildman–Crippen LogP) is 5.68. The quantitative estimate of drug-likeness (QED) is 0.248. The molecule has 33 heavy (non-hydrogen) atoms. The molecule has 0 fully saturated rings. The van der Waals surface area contributed by atoms with Crippen molar-refractivity contribution in [3.63, 3.8) is 0 Å². The Morgan fingerprint density at radius 2 is 1.85 bits per heavy atom. The monoisotopic (exact) mass is 439 g/mol. The van der Waals surface area contributed by atoms with Gasteiger partial charge >= 0.3 is 5.97 Å². The summed E-state index contributed by atoms with van der Waals surface area (Å²) in [5, 5.41) is 9.39. The molecule has 6 nitrogen and oxygen atoms in total. The zero-order valence-corrected chi connectivity index (χ0v) is 18.5. The molecule has 1 aromatic heterocycles. The molecular formula is C27H25N3O3. The summed E-state index contributed by atoms with van der Waals surface area (Å²) in [5.41, 5.74) is 4.21. The lowest BCUT2D eigenvalue weighted by atomic mass is 10.2. The molecule has 0 spiro atoms. The van der Waals surface area contributed by atoms with E-state index in [0.717, 1.165) is 53.1 Å². The van der Waals surface area contributed by atoms with Gasteiger partial charge in [-0.1, -0.05) is 36.4 Å². The molecule has 0 aliphatic rings. The molecule has 6 heteroatoms. The number of nitriles is 1. The van der Waals surface area contributed by atoms with Crippen LogP contribution in [-0.2, 0) is 9.53 Å². The zero-order valence-electron chi connectivity index (χ0n) is 18.5. The third-order valence-corrected chi connectivity index (χ3v) is 5.41. The fourth-order valence-corrected chi connectivity index (χ4v) is 3.74. The van der Waals surface area contributed by atoms with Crippen LogP contribution in [0.3, 0.4) is 0 Å². The van der Waals surface area contributed by atoms with Crippen LogP contribution in [0, 0.1) is 11.3 Å². The minimum Gasteiger partial charge on any atom is -0.494 e. The third-order valence-electron chi connectivity index (χ3n) is 5.41. The van der Waals surface area contributed by atoms with Crippen molar-refractivity contribution in [1.29, 1.82) is 5.26 Å². The van der Waals surface area contributed by atoms with Gasteiger partial charge < -0.3 is 9.47 Å². The average Bonchev–Trinajstić information content (AvgIpc) is 3.25. The van der Waals surface area contributed by atoms with Crippen LogP contribution in [0.2, 0.25) is 0 Å². The highest BCUT2D eigenvalue weighted by Crippen LogP contribution is 2.31. The number of rotatable bonds is 9. The van der Waals surface area contributed by atoms with Crippen molar-refractivity contribution < 1.29 is 14.3 Å². The SMILES string of the molecule is COC(=O)CCCCCOc1ccc2nc(-c3ccccc3)n(-c3cccc(C#N)c3)c2c1. The molecule has 166 valence electrons. The number of esters is 1. The largest absolute Gasteiger partial charge is 0.494 e. The highest BCUT2D eigenvalue weighted by Gasteiger charge is 2.15. The van der Waals surface area contributed by atoms with Crippen molar-refractivity contribution in [3.8, 4) is 28.9 Å². The van der Waals surface area contributed by atoms with Crippen molar-refractivity contribution in [3.05, 3.63) is 78.4 Å². The second-order valence-corrected chi connectivity index (χ2v) is 7.68. The summed E-state index contributed by atoms with van der Waals surface area (Å²) in [5.74, 6) is 1.39. The summed E-state index contributed by atoms with van der Waals surface area (Å²) in [6, 6.07) is 25.6. The lowest BCUT2D eigenvalue weighted by molar-refractivity contribution is -0.140. The van der Waals surface area contributed by atoms with Crippen LogP contribution in [0.15, 0.2) is 72.8 Å². The molecule has 4 aromatic rings.